The third-order valence-corrected chi connectivity index (χ3v) is 2.99. The fourth-order valence-corrected chi connectivity index (χ4v) is 1.99. The molecule has 98 valence electrons. The highest BCUT2D eigenvalue weighted by atomic mass is 35.5. The molecule has 1 amide bonds. The van der Waals surface area contributed by atoms with Crippen molar-refractivity contribution in [3.8, 4) is 0 Å². The molecular weight excluding hydrogens is 262 g/mol. The number of amides is 1. The van der Waals surface area contributed by atoms with Crippen LogP contribution < -0.4 is 5.32 Å². The smallest absolute Gasteiger partial charge is 0.234 e. The van der Waals surface area contributed by atoms with E-state index in [1.807, 2.05) is 37.3 Å². The van der Waals surface area contributed by atoms with Crippen LogP contribution >= 0.6 is 11.6 Å². The Morgan fingerprint density at radius 3 is 2.68 bits per heavy atom. The molecule has 1 heterocycles. The fraction of sp³-hybridized carbons (Fsp3) is 0.214. The Hall–Kier alpha value is -1.94. The first-order chi connectivity index (χ1) is 9.20. The lowest BCUT2D eigenvalue weighted by Gasteiger charge is -2.14. The molecule has 2 rings (SSSR count). The van der Waals surface area contributed by atoms with Gasteiger partial charge in [0.25, 0.3) is 0 Å². The van der Waals surface area contributed by atoms with Crippen LogP contribution in [0.25, 0.3) is 0 Å². The molecule has 0 radical (unpaired) electrons. The second-order valence-corrected chi connectivity index (χ2v) is 4.45. The molecule has 0 saturated heterocycles. The molecule has 4 nitrogen and oxygen atoms in total. The van der Waals surface area contributed by atoms with Crippen LogP contribution in [0.15, 0.2) is 42.6 Å². The molecule has 2 aromatic rings. The number of halogens is 1. The van der Waals surface area contributed by atoms with Crippen LogP contribution in [-0.4, -0.2) is 15.9 Å². The van der Waals surface area contributed by atoms with Gasteiger partial charge in [0.05, 0.1) is 5.92 Å². The average Bonchev–Trinajstić information content (AvgIpc) is 2.41. The van der Waals surface area contributed by atoms with E-state index in [9.17, 15) is 4.79 Å². The number of carbonyl (C=O) groups excluding carboxylic acids is 1. The summed E-state index contributed by atoms with van der Waals surface area (Å²) >= 11 is 5.76. The lowest BCUT2D eigenvalue weighted by Crippen LogP contribution is -2.21. The number of aromatic nitrogens is 2. The van der Waals surface area contributed by atoms with Crippen molar-refractivity contribution in [3.63, 3.8) is 0 Å². The maximum Gasteiger partial charge on any atom is 0.234 e. The Kier molecular flexibility index (Phi) is 4.47. The highest BCUT2D eigenvalue weighted by Gasteiger charge is 2.19. The van der Waals surface area contributed by atoms with Gasteiger partial charge in [-0.1, -0.05) is 48.9 Å². The van der Waals surface area contributed by atoms with Gasteiger partial charge in [0.2, 0.25) is 11.9 Å². The predicted octanol–water partition coefficient (Wildman–Crippen LogP) is 3.26. The van der Waals surface area contributed by atoms with Crippen molar-refractivity contribution in [1.29, 1.82) is 0 Å². The Balaban J connectivity index is 2.14. The zero-order valence-electron chi connectivity index (χ0n) is 10.5. The van der Waals surface area contributed by atoms with Gasteiger partial charge in [-0.05, 0) is 18.1 Å². The number of carbonyl (C=O) groups is 1. The summed E-state index contributed by atoms with van der Waals surface area (Å²) in [6, 6.07) is 11.2. The fourth-order valence-electron chi connectivity index (χ4n) is 1.85. The van der Waals surface area contributed by atoms with Crippen molar-refractivity contribution in [2.75, 3.05) is 5.32 Å². The first kappa shape index (κ1) is 13.5. The van der Waals surface area contributed by atoms with Crippen LogP contribution in [0.3, 0.4) is 0 Å². The largest absolute Gasteiger partial charge is 0.294 e. The summed E-state index contributed by atoms with van der Waals surface area (Å²) in [6.45, 7) is 1.97. The second kappa shape index (κ2) is 6.29. The molecule has 1 N–H and O–H groups in total. The second-order valence-electron chi connectivity index (χ2n) is 4.06. The number of hydrogen-bond donors (Lipinski definition) is 1. The zero-order valence-corrected chi connectivity index (χ0v) is 11.3. The van der Waals surface area contributed by atoms with E-state index < -0.39 is 0 Å². The van der Waals surface area contributed by atoms with Gasteiger partial charge in [-0.2, -0.15) is 0 Å². The summed E-state index contributed by atoms with van der Waals surface area (Å²) in [4.78, 5) is 20.1. The number of hydrogen-bond acceptors (Lipinski definition) is 3. The topological polar surface area (TPSA) is 54.9 Å². The van der Waals surface area contributed by atoms with Gasteiger partial charge in [0.15, 0.2) is 0 Å². The molecule has 0 aliphatic heterocycles. The van der Waals surface area contributed by atoms with Crippen LogP contribution in [0.4, 0.5) is 5.95 Å². The van der Waals surface area contributed by atoms with Gasteiger partial charge in [0, 0.05) is 6.20 Å². The molecule has 0 bridgehead atoms. The van der Waals surface area contributed by atoms with Crippen LogP contribution in [-0.2, 0) is 4.79 Å². The lowest BCUT2D eigenvalue weighted by atomic mass is 9.96. The number of nitrogens with one attached hydrogen (secondary N) is 1. The first-order valence-electron chi connectivity index (χ1n) is 6.05. The monoisotopic (exact) mass is 275 g/mol. The Morgan fingerprint density at radius 2 is 2.05 bits per heavy atom. The van der Waals surface area contributed by atoms with Crippen LogP contribution in [0.2, 0.25) is 5.15 Å². The summed E-state index contributed by atoms with van der Waals surface area (Å²) < 4.78 is 0. The van der Waals surface area contributed by atoms with E-state index >= 15 is 0 Å². The van der Waals surface area contributed by atoms with Crippen molar-refractivity contribution >= 4 is 23.5 Å². The normalized spacial score (nSPS) is 11.9. The number of rotatable bonds is 4. The SMILES string of the molecule is CCC(C(=O)Nc1nccc(Cl)n1)c1ccccc1. The van der Waals surface area contributed by atoms with Crippen molar-refractivity contribution in [3.05, 3.63) is 53.3 Å². The van der Waals surface area contributed by atoms with E-state index in [4.69, 9.17) is 11.6 Å². The molecule has 0 fully saturated rings. The first-order valence-corrected chi connectivity index (χ1v) is 6.43. The van der Waals surface area contributed by atoms with E-state index in [0.717, 1.165) is 5.56 Å². The quantitative estimate of drug-likeness (QED) is 0.872. The molecule has 0 spiro atoms. The Morgan fingerprint density at radius 1 is 1.32 bits per heavy atom. The molecule has 0 saturated carbocycles. The number of benzene rings is 1. The highest BCUT2D eigenvalue weighted by molar-refractivity contribution is 6.29. The molecule has 1 atom stereocenters. The van der Waals surface area contributed by atoms with Crippen LogP contribution in [0.5, 0.6) is 0 Å². The summed E-state index contributed by atoms with van der Waals surface area (Å²) in [6.07, 6.45) is 2.21. The number of anilines is 1. The molecule has 5 heteroatoms. The van der Waals surface area contributed by atoms with Gasteiger partial charge in [0.1, 0.15) is 5.15 Å². The third-order valence-electron chi connectivity index (χ3n) is 2.78. The highest BCUT2D eigenvalue weighted by Crippen LogP contribution is 2.20. The maximum atomic E-state index is 12.2. The van der Waals surface area contributed by atoms with Crippen molar-refractivity contribution < 1.29 is 4.79 Å². The van der Waals surface area contributed by atoms with Crippen molar-refractivity contribution in [2.45, 2.75) is 19.3 Å². The Bertz CT molecular complexity index is 560. The van der Waals surface area contributed by atoms with Gasteiger partial charge in [-0.3, -0.25) is 10.1 Å². The maximum absolute atomic E-state index is 12.2. The summed E-state index contributed by atoms with van der Waals surface area (Å²) in [5.41, 5.74) is 0.976. The van der Waals surface area contributed by atoms with Gasteiger partial charge in [-0.25, -0.2) is 9.97 Å². The summed E-state index contributed by atoms with van der Waals surface area (Å²) in [5.74, 6) is -0.119. The molecule has 1 aromatic carbocycles. The molecule has 1 aromatic heterocycles. The average molecular weight is 276 g/mol. The van der Waals surface area contributed by atoms with Gasteiger partial charge < -0.3 is 0 Å². The molecule has 0 aliphatic carbocycles. The van der Waals surface area contributed by atoms with E-state index in [-0.39, 0.29) is 17.8 Å². The molecule has 1 unspecified atom stereocenters. The van der Waals surface area contributed by atoms with E-state index in [0.29, 0.717) is 11.6 Å². The van der Waals surface area contributed by atoms with Crippen molar-refractivity contribution in [2.24, 2.45) is 0 Å². The standard InChI is InChI=1S/C14H14ClN3O/c1-2-11(10-6-4-3-5-7-10)13(19)18-14-16-9-8-12(15)17-14/h3-9,11H,2H2,1H3,(H,16,17,18,19). The Labute approximate surface area is 116 Å². The van der Waals surface area contributed by atoms with Crippen molar-refractivity contribution in [1.82, 2.24) is 9.97 Å². The van der Waals surface area contributed by atoms with Gasteiger partial charge >= 0.3 is 0 Å². The van der Waals surface area contributed by atoms with E-state index in [1.165, 1.54) is 6.20 Å². The number of nitrogens with zero attached hydrogens (tertiary/aromatic N) is 2. The molecule has 19 heavy (non-hydrogen) atoms. The minimum absolute atomic E-state index is 0.129. The summed E-state index contributed by atoms with van der Waals surface area (Å²) in [7, 11) is 0. The zero-order chi connectivity index (χ0) is 13.7. The van der Waals surface area contributed by atoms with E-state index in [1.54, 1.807) is 6.07 Å². The van der Waals surface area contributed by atoms with Crippen LogP contribution in [0, 0.1) is 0 Å². The van der Waals surface area contributed by atoms with Gasteiger partial charge in [-0.15, -0.1) is 0 Å². The lowest BCUT2D eigenvalue weighted by molar-refractivity contribution is -0.117. The predicted molar refractivity (Wildman–Crippen MR) is 75.1 cm³/mol. The molecular formula is C14H14ClN3O. The minimum Gasteiger partial charge on any atom is -0.294 e. The molecule has 0 aliphatic rings. The van der Waals surface area contributed by atoms with E-state index in [2.05, 4.69) is 15.3 Å². The van der Waals surface area contributed by atoms with Crippen LogP contribution in [0.1, 0.15) is 24.8 Å². The minimum atomic E-state index is -0.219. The summed E-state index contributed by atoms with van der Waals surface area (Å²) in [5, 5.41) is 2.99. The third kappa shape index (κ3) is 3.51.